The van der Waals surface area contributed by atoms with Gasteiger partial charge in [-0.2, -0.15) is 10.2 Å². The summed E-state index contributed by atoms with van der Waals surface area (Å²) in [6.45, 7) is 28.1. The molecule has 0 aromatic carbocycles. The highest BCUT2D eigenvalue weighted by Crippen LogP contribution is 2.39. The van der Waals surface area contributed by atoms with E-state index in [1.54, 1.807) is 0 Å². The second kappa shape index (κ2) is 16.1. The van der Waals surface area contributed by atoms with Gasteiger partial charge in [0.15, 0.2) is 14.5 Å². The first-order chi connectivity index (χ1) is 25.1. The first kappa shape index (κ1) is 39.9. The minimum absolute atomic E-state index is 0.0937. The Morgan fingerprint density at radius 3 is 2.57 bits per heavy atom. The summed E-state index contributed by atoms with van der Waals surface area (Å²) in [7, 11) is 0.0666. The van der Waals surface area contributed by atoms with Crippen molar-refractivity contribution >= 4 is 47.9 Å². The SMILES string of the molecule is C=Cc1nn(C2CCCCO2)c2c(C)nc(-c3c(C)nn(C)c3OC(C)[C@H]3CCCN3Cc3c(I)c(OCC)nn3CCO[Si](C)(C)C(C)(C)C)cc12. The van der Waals surface area contributed by atoms with Crippen LogP contribution in [0.25, 0.3) is 28.2 Å². The van der Waals surface area contributed by atoms with E-state index in [-0.39, 0.29) is 23.4 Å². The van der Waals surface area contributed by atoms with E-state index in [1.807, 2.05) is 43.3 Å². The highest BCUT2D eigenvalue weighted by atomic mass is 127. The van der Waals surface area contributed by atoms with Gasteiger partial charge in [-0.3, -0.25) is 14.6 Å². The van der Waals surface area contributed by atoms with Crippen LogP contribution in [0.5, 0.6) is 11.8 Å². The fourth-order valence-electron chi connectivity index (χ4n) is 7.49. The Bertz CT molecular complexity index is 1920. The molecule has 0 saturated carbocycles. The molecule has 2 saturated heterocycles. The number of aryl methyl sites for hydroxylation is 3. The lowest BCUT2D eigenvalue weighted by atomic mass is 10.1. The van der Waals surface area contributed by atoms with Crippen molar-refractivity contribution in [3.8, 4) is 23.0 Å². The summed E-state index contributed by atoms with van der Waals surface area (Å²) >= 11 is 2.40. The number of hydrogen-bond donors (Lipinski definition) is 0. The second-order valence-electron chi connectivity index (χ2n) is 16.1. The van der Waals surface area contributed by atoms with Gasteiger partial charge in [-0.05, 0) is 119 Å². The van der Waals surface area contributed by atoms with Gasteiger partial charge in [-0.15, -0.1) is 5.10 Å². The van der Waals surface area contributed by atoms with Crippen LogP contribution in [-0.4, -0.2) is 86.1 Å². The molecule has 0 aliphatic carbocycles. The summed E-state index contributed by atoms with van der Waals surface area (Å²) in [5, 5.41) is 15.8. The van der Waals surface area contributed by atoms with Crippen molar-refractivity contribution in [1.82, 2.24) is 39.2 Å². The number of halogens is 1. The molecule has 3 atom stereocenters. The minimum atomic E-state index is -1.88. The number of ether oxygens (including phenoxy) is 3. The third-order valence-corrected chi connectivity index (χ3v) is 17.0. The molecular formula is C39H59IN8O4Si. The van der Waals surface area contributed by atoms with Crippen molar-refractivity contribution in [2.75, 3.05) is 26.4 Å². The zero-order valence-electron chi connectivity index (χ0n) is 33.5. The molecule has 0 spiro atoms. The Morgan fingerprint density at radius 2 is 1.89 bits per heavy atom. The average Bonchev–Trinajstić information content (AvgIpc) is 3.86. The monoisotopic (exact) mass is 858 g/mol. The number of rotatable bonds is 14. The first-order valence-corrected chi connectivity index (χ1v) is 23.2. The third-order valence-electron chi connectivity index (χ3n) is 11.4. The summed E-state index contributed by atoms with van der Waals surface area (Å²) in [6, 6.07) is 2.32. The highest BCUT2D eigenvalue weighted by molar-refractivity contribution is 14.1. The summed E-state index contributed by atoms with van der Waals surface area (Å²) in [6.07, 6.45) is 6.90. The first-order valence-electron chi connectivity index (χ1n) is 19.3. The van der Waals surface area contributed by atoms with Crippen molar-refractivity contribution in [3.63, 3.8) is 0 Å². The molecular weight excluding hydrogens is 799 g/mol. The van der Waals surface area contributed by atoms with E-state index >= 15 is 0 Å². The van der Waals surface area contributed by atoms with Gasteiger partial charge >= 0.3 is 0 Å². The maximum atomic E-state index is 6.94. The molecule has 4 aromatic heterocycles. The molecule has 0 N–H and O–H groups in total. The van der Waals surface area contributed by atoms with Crippen LogP contribution in [0.2, 0.25) is 18.1 Å². The Kier molecular flexibility index (Phi) is 12.1. The van der Waals surface area contributed by atoms with Gasteiger partial charge in [0, 0.05) is 31.6 Å². The maximum absolute atomic E-state index is 6.94. The number of nitrogens with zero attached hydrogens (tertiary/aromatic N) is 8. The quantitative estimate of drug-likeness (QED) is 0.0913. The Labute approximate surface area is 329 Å². The number of likely N-dealkylation sites (tertiary alicyclic amines) is 1. The van der Waals surface area contributed by atoms with E-state index < -0.39 is 8.32 Å². The van der Waals surface area contributed by atoms with Crippen molar-refractivity contribution < 1.29 is 18.6 Å². The largest absolute Gasteiger partial charge is 0.476 e. The van der Waals surface area contributed by atoms with Crippen LogP contribution < -0.4 is 9.47 Å². The molecule has 53 heavy (non-hydrogen) atoms. The maximum Gasteiger partial charge on any atom is 0.246 e. The predicted octanol–water partition coefficient (Wildman–Crippen LogP) is 8.44. The Morgan fingerprint density at radius 1 is 1.11 bits per heavy atom. The van der Waals surface area contributed by atoms with Crippen LogP contribution in [-0.2, 0) is 29.3 Å². The van der Waals surface area contributed by atoms with E-state index in [4.69, 9.17) is 38.9 Å². The van der Waals surface area contributed by atoms with Crippen LogP contribution in [0.4, 0.5) is 0 Å². The van der Waals surface area contributed by atoms with E-state index in [1.165, 1.54) is 0 Å². The van der Waals surface area contributed by atoms with Crippen molar-refractivity contribution in [3.05, 3.63) is 39.0 Å². The van der Waals surface area contributed by atoms with Gasteiger partial charge in [0.1, 0.15) is 6.10 Å². The zero-order chi connectivity index (χ0) is 38.2. The molecule has 6 rings (SSSR count). The standard InChI is InChI=1S/C39H59IN8O4Si/c1-12-29-28-23-30(41-26(4)36(28)48(43-29)33-18-14-15-21-50-33)34-25(3)42-45(9)38(34)52-27(5)31-17-16-19-46(31)24-32-35(40)37(49-13-2)44-47(32)20-22-51-53(10,11)39(6,7)8/h12,23,27,31,33H,1,13-22,24H2,2-11H3/t27?,31-,33?/m1/s1. The predicted molar refractivity (Wildman–Crippen MR) is 221 cm³/mol. The molecule has 0 amide bonds. The lowest BCUT2D eigenvalue weighted by molar-refractivity contribution is -0.0368. The van der Waals surface area contributed by atoms with E-state index in [0.717, 1.165) is 106 Å². The van der Waals surface area contributed by atoms with Gasteiger partial charge in [-0.25, -0.2) is 9.36 Å². The van der Waals surface area contributed by atoms with Crippen LogP contribution in [0.3, 0.4) is 0 Å². The molecule has 0 radical (unpaired) electrons. The number of aromatic nitrogens is 7. The fourth-order valence-corrected chi connectivity index (χ4v) is 9.23. The topological polar surface area (TPSA) is 107 Å². The summed E-state index contributed by atoms with van der Waals surface area (Å²) in [4.78, 5) is 7.69. The van der Waals surface area contributed by atoms with Crippen LogP contribution in [0.15, 0.2) is 12.6 Å². The molecule has 14 heteroatoms. The van der Waals surface area contributed by atoms with Crippen molar-refractivity contribution in [2.24, 2.45) is 7.05 Å². The minimum Gasteiger partial charge on any atom is -0.476 e. The molecule has 290 valence electrons. The van der Waals surface area contributed by atoms with Gasteiger partial charge in [0.05, 0.1) is 62.9 Å². The normalized spacial score (nSPS) is 19.3. The molecule has 12 nitrogen and oxygen atoms in total. The summed E-state index contributed by atoms with van der Waals surface area (Å²) < 4.78 is 32.6. The van der Waals surface area contributed by atoms with Crippen LogP contribution >= 0.6 is 22.6 Å². The van der Waals surface area contributed by atoms with Gasteiger partial charge in [0.2, 0.25) is 11.8 Å². The fraction of sp³-hybridized carbons (Fsp3) is 0.641. The van der Waals surface area contributed by atoms with Gasteiger partial charge in [0.25, 0.3) is 0 Å². The molecule has 6 heterocycles. The second-order valence-corrected chi connectivity index (χ2v) is 22.0. The molecule has 2 aliphatic rings. The molecule has 2 fully saturated rings. The van der Waals surface area contributed by atoms with Gasteiger partial charge < -0.3 is 18.6 Å². The van der Waals surface area contributed by atoms with E-state index in [9.17, 15) is 0 Å². The number of hydrogen-bond acceptors (Lipinski definition) is 9. The third kappa shape index (κ3) is 8.12. The Balaban J connectivity index is 1.25. The smallest absolute Gasteiger partial charge is 0.246 e. The Hall–Kier alpha value is -2.79. The average molecular weight is 859 g/mol. The van der Waals surface area contributed by atoms with Crippen LogP contribution in [0.1, 0.15) is 95.7 Å². The lowest BCUT2D eigenvalue weighted by Crippen LogP contribution is -2.42. The zero-order valence-corrected chi connectivity index (χ0v) is 36.6. The highest BCUT2D eigenvalue weighted by Gasteiger charge is 2.38. The summed E-state index contributed by atoms with van der Waals surface area (Å²) in [5.41, 5.74) is 6.46. The molecule has 2 aliphatic heterocycles. The molecule has 0 bridgehead atoms. The van der Waals surface area contributed by atoms with Gasteiger partial charge in [-0.1, -0.05) is 27.4 Å². The lowest BCUT2D eigenvalue weighted by Gasteiger charge is -2.36. The van der Waals surface area contributed by atoms with E-state index in [0.29, 0.717) is 25.6 Å². The number of pyridine rings is 1. The van der Waals surface area contributed by atoms with Crippen molar-refractivity contribution in [1.29, 1.82) is 0 Å². The molecule has 4 aromatic rings. The summed E-state index contributed by atoms with van der Waals surface area (Å²) in [5.74, 6) is 1.42. The molecule has 2 unspecified atom stereocenters. The van der Waals surface area contributed by atoms with E-state index in [2.05, 4.69) is 85.6 Å². The van der Waals surface area contributed by atoms with Crippen molar-refractivity contribution in [2.45, 2.75) is 130 Å². The van der Waals surface area contributed by atoms with Crippen LogP contribution in [0, 0.1) is 17.4 Å². The number of fused-ring (bicyclic) bond motifs is 1.